The van der Waals surface area contributed by atoms with Crippen LogP contribution < -0.4 is 10.5 Å². The summed E-state index contributed by atoms with van der Waals surface area (Å²) in [6.45, 7) is 0. The average Bonchev–Trinajstić information content (AvgIpc) is 2.94. The van der Waals surface area contributed by atoms with E-state index in [4.69, 9.17) is 10.5 Å². The third kappa shape index (κ3) is 2.64. The first-order valence-corrected chi connectivity index (χ1v) is 7.50. The summed E-state index contributed by atoms with van der Waals surface area (Å²) >= 11 is 0. The molecule has 0 atom stereocenters. The first-order valence-electron chi connectivity index (χ1n) is 5.60. The molecule has 2 N–H and O–H groups in total. The fourth-order valence-corrected chi connectivity index (χ4v) is 2.64. The van der Waals surface area contributed by atoms with Crippen LogP contribution in [0.1, 0.15) is 18.4 Å². The number of halogens is 1. The largest absolute Gasteiger partial charge is 0.496 e. The highest BCUT2D eigenvalue weighted by atomic mass is 32.2. The van der Waals surface area contributed by atoms with Gasteiger partial charge in [0.05, 0.1) is 7.11 Å². The molecule has 1 aliphatic rings. The summed E-state index contributed by atoms with van der Waals surface area (Å²) in [4.78, 5) is -0.343. The van der Waals surface area contributed by atoms with Crippen molar-refractivity contribution in [3.63, 3.8) is 0 Å². The second kappa shape index (κ2) is 4.20. The van der Waals surface area contributed by atoms with Crippen LogP contribution in [0.25, 0.3) is 0 Å². The fraction of sp³-hybridized carbons (Fsp3) is 0.500. The maximum Gasteiger partial charge on any atom is 0.178 e. The number of sulfone groups is 1. The second-order valence-electron chi connectivity index (χ2n) is 4.91. The van der Waals surface area contributed by atoms with Gasteiger partial charge in [-0.15, -0.1) is 0 Å². The predicted molar refractivity (Wildman–Crippen MR) is 65.9 cm³/mol. The molecule has 2 rings (SSSR count). The number of benzene rings is 1. The van der Waals surface area contributed by atoms with E-state index in [0.29, 0.717) is 17.7 Å². The van der Waals surface area contributed by atoms with E-state index in [9.17, 15) is 12.8 Å². The number of ether oxygens (including phenoxy) is 1. The Kier molecular flexibility index (Phi) is 3.11. The molecule has 0 aromatic heterocycles. The minimum absolute atomic E-state index is 0.285. The van der Waals surface area contributed by atoms with E-state index < -0.39 is 15.7 Å². The fourth-order valence-electron chi connectivity index (χ4n) is 1.90. The number of methoxy groups -OCH3 is 1. The highest BCUT2D eigenvalue weighted by molar-refractivity contribution is 7.90. The smallest absolute Gasteiger partial charge is 0.178 e. The van der Waals surface area contributed by atoms with Gasteiger partial charge in [-0.25, -0.2) is 12.8 Å². The Morgan fingerprint density at radius 3 is 2.50 bits per heavy atom. The molecule has 1 fully saturated rings. The number of rotatable bonds is 4. The Balaban J connectivity index is 2.46. The summed E-state index contributed by atoms with van der Waals surface area (Å²) in [5.74, 6) is -0.383. The van der Waals surface area contributed by atoms with Gasteiger partial charge >= 0.3 is 0 Å². The molecule has 1 aromatic rings. The van der Waals surface area contributed by atoms with E-state index in [-0.39, 0.29) is 10.4 Å². The Bertz CT molecular complexity index is 579. The molecule has 0 amide bonds. The zero-order valence-corrected chi connectivity index (χ0v) is 11.2. The molecular weight excluding hydrogens is 257 g/mol. The second-order valence-corrected chi connectivity index (χ2v) is 6.89. The molecule has 0 aliphatic heterocycles. The third-order valence-corrected chi connectivity index (χ3v) is 4.28. The van der Waals surface area contributed by atoms with Gasteiger partial charge in [-0.2, -0.15) is 0 Å². The summed E-state index contributed by atoms with van der Waals surface area (Å²) in [6.07, 6.45) is 3.25. The molecule has 0 bridgehead atoms. The maximum absolute atomic E-state index is 13.8. The molecule has 0 saturated heterocycles. The van der Waals surface area contributed by atoms with Crippen LogP contribution in [-0.2, 0) is 16.3 Å². The van der Waals surface area contributed by atoms with Crippen molar-refractivity contribution in [3.05, 3.63) is 23.5 Å². The van der Waals surface area contributed by atoms with Crippen LogP contribution in [0.2, 0.25) is 0 Å². The molecule has 0 unspecified atom stereocenters. The molecule has 1 aliphatic carbocycles. The van der Waals surface area contributed by atoms with E-state index in [1.54, 1.807) is 0 Å². The highest BCUT2D eigenvalue weighted by Gasteiger charge is 2.39. The maximum atomic E-state index is 13.8. The third-order valence-electron chi connectivity index (χ3n) is 3.17. The normalized spacial score (nSPS) is 17.6. The van der Waals surface area contributed by atoms with Crippen molar-refractivity contribution < 1.29 is 17.5 Å². The summed E-state index contributed by atoms with van der Waals surface area (Å²) < 4.78 is 41.7. The molecule has 0 radical (unpaired) electrons. The SMILES string of the molecule is COc1cc(S(C)(=O)=O)c(F)cc1CC1(N)CC1. The molecule has 6 heteroatoms. The summed E-state index contributed by atoms with van der Waals surface area (Å²) in [5, 5.41) is 0. The van der Waals surface area contributed by atoms with Gasteiger partial charge < -0.3 is 10.5 Å². The van der Waals surface area contributed by atoms with Gasteiger partial charge in [0, 0.05) is 17.9 Å². The van der Waals surface area contributed by atoms with Crippen LogP contribution in [-0.4, -0.2) is 27.3 Å². The van der Waals surface area contributed by atoms with Crippen LogP contribution in [0.15, 0.2) is 17.0 Å². The quantitative estimate of drug-likeness (QED) is 0.897. The molecular formula is C12H16FNO3S. The van der Waals surface area contributed by atoms with Gasteiger partial charge in [0.1, 0.15) is 16.5 Å². The number of hydrogen-bond donors (Lipinski definition) is 1. The Morgan fingerprint density at radius 1 is 1.44 bits per heavy atom. The minimum Gasteiger partial charge on any atom is -0.496 e. The van der Waals surface area contributed by atoms with Crippen molar-refractivity contribution in [2.45, 2.75) is 29.7 Å². The van der Waals surface area contributed by atoms with Crippen molar-refractivity contribution in [1.82, 2.24) is 0 Å². The number of hydrogen-bond acceptors (Lipinski definition) is 4. The molecule has 0 heterocycles. The van der Waals surface area contributed by atoms with Crippen LogP contribution in [0.3, 0.4) is 0 Å². The zero-order valence-electron chi connectivity index (χ0n) is 10.4. The van der Waals surface area contributed by atoms with Crippen molar-refractivity contribution in [2.75, 3.05) is 13.4 Å². The van der Waals surface area contributed by atoms with Crippen LogP contribution in [0, 0.1) is 5.82 Å². The predicted octanol–water partition coefficient (Wildman–Crippen LogP) is 1.27. The van der Waals surface area contributed by atoms with Gasteiger partial charge in [0.2, 0.25) is 0 Å². The van der Waals surface area contributed by atoms with Crippen LogP contribution in [0.4, 0.5) is 4.39 Å². The summed E-state index contributed by atoms with van der Waals surface area (Å²) in [5.41, 5.74) is 6.31. The zero-order chi connectivity index (χ0) is 13.6. The lowest BCUT2D eigenvalue weighted by molar-refractivity contribution is 0.403. The van der Waals surface area contributed by atoms with E-state index >= 15 is 0 Å². The summed E-state index contributed by atoms with van der Waals surface area (Å²) in [7, 11) is -2.17. The molecule has 0 spiro atoms. The van der Waals surface area contributed by atoms with E-state index in [1.165, 1.54) is 19.2 Å². The lowest BCUT2D eigenvalue weighted by atomic mass is 10.0. The van der Waals surface area contributed by atoms with Gasteiger partial charge in [-0.1, -0.05) is 0 Å². The molecule has 18 heavy (non-hydrogen) atoms. The van der Waals surface area contributed by atoms with E-state index in [0.717, 1.165) is 19.1 Å². The minimum atomic E-state index is -3.60. The highest BCUT2D eigenvalue weighted by Crippen LogP contribution is 2.38. The van der Waals surface area contributed by atoms with Gasteiger partial charge in [-0.05, 0) is 30.9 Å². The lowest BCUT2D eigenvalue weighted by Gasteiger charge is -2.14. The Morgan fingerprint density at radius 2 is 2.06 bits per heavy atom. The van der Waals surface area contributed by atoms with E-state index in [1.807, 2.05) is 0 Å². The van der Waals surface area contributed by atoms with Gasteiger partial charge in [0.15, 0.2) is 9.84 Å². The Hall–Kier alpha value is -1.14. The van der Waals surface area contributed by atoms with E-state index in [2.05, 4.69) is 0 Å². The molecule has 1 aromatic carbocycles. The van der Waals surface area contributed by atoms with Gasteiger partial charge in [0.25, 0.3) is 0 Å². The molecule has 4 nitrogen and oxygen atoms in total. The lowest BCUT2D eigenvalue weighted by Crippen LogP contribution is -2.25. The first-order chi connectivity index (χ1) is 8.25. The molecule has 100 valence electrons. The summed E-state index contributed by atoms with van der Waals surface area (Å²) in [6, 6.07) is 2.44. The standard InChI is InChI=1S/C12H16FNO3S/c1-17-10-6-11(18(2,15)16)9(13)5-8(10)7-12(14)3-4-12/h5-6H,3-4,7,14H2,1-2H3. The first kappa shape index (κ1) is 13.3. The van der Waals surface area contributed by atoms with Gasteiger partial charge in [-0.3, -0.25) is 0 Å². The Labute approximate surface area is 106 Å². The van der Waals surface area contributed by atoms with Crippen molar-refractivity contribution in [1.29, 1.82) is 0 Å². The molecule has 1 saturated carbocycles. The van der Waals surface area contributed by atoms with Crippen LogP contribution >= 0.6 is 0 Å². The number of nitrogens with two attached hydrogens (primary N) is 1. The monoisotopic (exact) mass is 273 g/mol. The van der Waals surface area contributed by atoms with Crippen molar-refractivity contribution in [2.24, 2.45) is 5.73 Å². The topological polar surface area (TPSA) is 69.4 Å². The van der Waals surface area contributed by atoms with Crippen molar-refractivity contribution in [3.8, 4) is 5.75 Å². The van der Waals surface area contributed by atoms with Crippen LogP contribution in [0.5, 0.6) is 5.75 Å². The average molecular weight is 273 g/mol. The van der Waals surface area contributed by atoms with Crippen molar-refractivity contribution >= 4 is 9.84 Å².